The molecule has 0 aliphatic carbocycles. The molecular weight excluding hydrogens is 339 g/mol. The van der Waals surface area contributed by atoms with Crippen LogP contribution >= 0.6 is 0 Å². The minimum absolute atomic E-state index is 0.00847. The monoisotopic (exact) mass is 360 g/mol. The fraction of sp³-hybridized carbons (Fsp3) is 0.368. The van der Waals surface area contributed by atoms with Crippen molar-refractivity contribution in [2.24, 2.45) is 0 Å². The minimum Gasteiger partial charge on any atom is -0.381 e. The van der Waals surface area contributed by atoms with Crippen molar-refractivity contribution in [2.45, 2.75) is 47.6 Å². The largest absolute Gasteiger partial charge is 0.381 e. The van der Waals surface area contributed by atoms with Gasteiger partial charge in [-0.15, -0.1) is 0 Å². The number of hydrogen-bond donors (Lipinski definition) is 2. The Morgan fingerprint density at radius 3 is 2.72 bits per heavy atom. The van der Waals surface area contributed by atoms with Gasteiger partial charge in [0, 0.05) is 23.7 Å². The molecule has 0 saturated carbocycles. The second-order valence-corrected chi connectivity index (χ2v) is 8.90. The molecule has 132 valence electrons. The van der Waals surface area contributed by atoms with Crippen molar-refractivity contribution in [1.82, 2.24) is 5.32 Å². The van der Waals surface area contributed by atoms with Gasteiger partial charge < -0.3 is 10.6 Å². The summed E-state index contributed by atoms with van der Waals surface area (Å²) in [5.41, 5.74) is 2.07. The van der Waals surface area contributed by atoms with E-state index in [-0.39, 0.29) is 9.79 Å². The predicted octanol–water partition coefficient (Wildman–Crippen LogP) is 3.31. The molecule has 0 amide bonds. The number of rotatable bonds is 2. The molecule has 4 nitrogen and oxygen atoms in total. The number of benzene rings is 2. The highest BCUT2D eigenvalue weighted by Crippen LogP contribution is 2.42. The van der Waals surface area contributed by atoms with Crippen LogP contribution < -0.4 is 10.6 Å². The molecule has 25 heavy (non-hydrogen) atoms. The molecule has 1 saturated heterocycles. The highest BCUT2D eigenvalue weighted by Gasteiger charge is 2.35. The van der Waals surface area contributed by atoms with Crippen LogP contribution in [0.1, 0.15) is 31.2 Å². The van der Waals surface area contributed by atoms with Crippen molar-refractivity contribution in [1.29, 1.82) is 0 Å². The van der Waals surface area contributed by atoms with Gasteiger partial charge >= 0.3 is 0 Å². The zero-order chi connectivity index (χ0) is 17.6. The second kappa shape index (κ2) is 6.11. The molecule has 2 N–H and O–H groups in total. The minimum atomic E-state index is -3.73. The molecule has 6 heteroatoms. The molecule has 2 aromatic rings. The zero-order valence-electron chi connectivity index (χ0n) is 14.0. The molecule has 4 rings (SSSR count). The summed E-state index contributed by atoms with van der Waals surface area (Å²) in [6, 6.07) is 11.1. The van der Waals surface area contributed by atoms with Crippen molar-refractivity contribution >= 4 is 15.5 Å². The SMILES string of the molecule is CC1C[C@@H]2c3cc(S(=O)(=O)c4cccc(F)c4)ccc3N[C@@H]2CCN1. The van der Waals surface area contributed by atoms with E-state index in [1.54, 1.807) is 12.1 Å². The standard InChI is InChI=1S/C19H21FN2O2S/c1-12-9-16-17-11-15(5-6-18(17)22-19(16)7-8-21-12)25(23,24)14-4-2-3-13(20)10-14/h2-6,10-12,16,19,21-22H,7-9H2,1H3/t12?,16-,19-/m1/s1. The van der Waals surface area contributed by atoms with Gasteiger partial charge in [0.15, 0.2) is 0 Å². The Morgan fingerprint density at radius 1 is 1.12 bits per heavy atom. The second-order valence-electron chi connectivity index (χ2n) is 6.95. The van der Waals surface area contributed by atoms with Crippen LogP contribution in [0.3, 0.4) is 0 Å². The summed E-state index contributed by atoms with van der Waals surface area (Å²) >= 11 is 0. The number of sulfone groups is 1. The summed E-state index contributed by atoms with van der Waals surface area (Å²) in [5.74, 6) is -0.254. The molecule has 2 heterocycles. The van der Waals surface area contributed by atoms with E-state index in [2.05, 4.69) is 17.6 Å². The van der Waals surface area contributed by atoms with E-state index in [0.717, 1.165) is 36.7 Å². The summed E-state index contributed by atoms with van der Waals surface area (Å²) < 4.78 is 39.2. The van der Waals surface area contributed by atoms with E-state index in [1.165, 1.54) is 18.2 Å². The zero-order valence-corrected chi connectivity index (χ0v) is 14.8. The first-order valence-electron chi connectivity index (χ1n) is 8.59. The van der Waals surface area contributed by atoms with Crippen molar-refractivity contribution < 1.29 is 12.8 Å². The molecule has 0 aromatic heterocycles. The van der Waals surface area contributed by atoms with Crippen LogP contribution in [0.4, 0.5) is 10.1 Å². The van der Waals surface area contributed by atoms with Gasteiger partial charge in [0.25, 0.3) is 0 Å². The van der Waals surface area contributed by atoms with Gasteiger partial charge in [-0.1, -0.05) is 6.07 Å². The van der Waals surface area contributed by atoms with Gasteiger partial charge in [-0.05, 0) is 68.3 Å². The van der Waals surface area contributed by atoms with Gasteiger partial charge in [-0.25, -0.2) is 12.8 Å². The third-order valence-corrected chi connectivity index (χ3v) is 6.97. The molecular formula is C19H21FN2O2S. The van der Waals surface area contributed by atoms with Crippen molar-refractivity contribution in [3.05, 3.63) is 53.8 Å². The molecule has 0 bridgehead atoms. The fourth-order valence-corrected chi connectivity index (χ4v) is 5.27. The maximum Gasteiger partial charge on any atom is 0.206 e. The quantitative estimate of drug-likeness (QED) is 0.863. The van der Waals surface area contributed by atoms with Gasteiger partial charge in [0.05, 0.1) is 9.79 Å². The van der Waals surface area contributed by atoms with Gasteiger partial charge in [-0.3, -0.25) is 0 Å². The Kier molecular flexibility index (Phi) is 4.04. The van der Waals surface area contributed by atoms with Crippen LogP contribution in [0.2, 0.25) is 0 Å². The third-order valence-electron chi connectivity index (χ3n) is 5.22. The van der Waals surface area contributed by atoms with E-state index in [9.17, 15) is 12.8 Å². The van der Waals surface area contributed by atoms with Crippen LogP contribution in [0, 0.1) is 5.82 Å². The van der Waals surface area contributed by atoms with E-state index in [4.69, 9.17) is 0 Å². The first kappa shape index (κ1) is 16.5. The fourth-order valence-electron chi connectivity index (χ4n) is 3.95. The maximum absolute atomic E-state index is 13.5. The highest BCUT2D eigenvalue weighted by atomic mass is 32.2. The molecule has 3 atom stereocenters. The number of fused-ring (bicyclic) bond motifs is 3. The van der Waals surface area contributed by atoms with Crippen molar-refractivity contribution in [2.75, 3.05) is 11.9 Å². The number of anilines is 1. The summed E-state index contributed by atoms with van der Waals surface area (Å²) in [4.78, 5) is 0.218. The number of halogens is 1. The predicted molar refractivity (Wildman–Crippen MR) is 95.1 cm³/mol. The number of hydrogen-bond acceptors (Lipinski definition) is 4. The summed E-state index contributed by atoms with van der Waals surface area (Å²) in [6.07, 6.45) is 1.98. The van der Waals surface area contributed by atoms with Crippen molar-refractivity contribution in [3.8, 4) is 0 Å². The maximum atomic E-state index is 13.5. The molecule has 0 radical (unpaired) electrons. The molecule has 1 fully saturated rings. The van der Waals surface area contributed by atoms with E-state index in [1.807, 2.05) is 6.07 Å². The van der Waals surface area contributed by atoms with Crippen LogP contribution in [-0.2, 0) is 9.84 Å². The Morgan fingerprint density at radius 2 is 1.92 bits per heavy atom. The topological polar surface area (TPSA) is 58.2 Å². The molecule has 0 spiro atoms. The lowest BCUT2D eigenvalue weighted by Gasteiger charge is -2.18. The van der Waals surface area contributed by atoms with E-state index < -0.39 is 15.7 Å². The molecule has 2 aliphatic heterocycles. The Labute approximate surface area is 147 Å². The average Bonchev–Trinajstić information content (AvgIpc) is 2.80. The lowest BCUT2D eigenvalue weighted by Crippen LogP contribution is -2.25. The van der Waals surface area contributed by atoms with Crippen LogP contribution in [0.5, 0.6) is 0 Å². The smallest absolute Gasteiger partial charge is 0.206 e. The summed E-state index contributed by atoms with van der Waals surface area (Å²) in [6.45, 7) is 3.12. The Hall–Kier alpha value is -1.92. The first-order valence-corrected chi connectivity index (χ1v) is 10.1. The van der Waals surface area contributed by atoms with Gasteiger partial charge in [-0.2, -0.15) is 0 Å². The molecule has 2 aliphatic rings. The summed E-state index contributed by atoms with van der Waals surface area (Å²) in [5, 5.41) is 7.01. The first-order chi connectivity index (χ1) is 11.9. The van der Waals surface area contributed by atoms with Gasteiger partial charge in [0.1, 0.15) is 5.82 Å². The normalized spacial score (nSPS) is 25.6. The van der Waals surface area contributed by atoms with Crippen LogP contribution in [-0.4, -0.2) is 27.0 Å². The molecule has 1 unspecified atom stereocenters. The van der Waals surface area contributed by atoms with Gasteiger partial charge in [0.2, 0.25) is 9.84 Å². The van der Waals surface area contributed by atoms with Crippen LogP contribution in [0.15, 0.2) is 52.3 Å². The Bertz CT molecular complexity index is 913. The van der Waals surface area contributed by atoms with Crippen molar-refractivity contribution in [3.63, 3.8) is 0 Å². The average molecular weight is 360 g/mol. The lowest BCUT2D eigenvalue weighted by atomic mass is 9.89. The number of nitrogens with one attached hydrogen (secondary N) is 2. The molecule has 2 aromatic carbocycles. The van der Waals surface area contributed by atoms with Crippen LogP contribution in [0.25, 0.3) is 0 Å². The third kappa shape index (κ3) is 2.93. The van der Waals surface area contributed by atoms with E-state index >= 15 is 0 Å². The van der Waals surface area contributed by atoms with E-state index in [0.29, 0.717) is 18.0 Å². The Balaban J connectivity index is 1.75. The summed E-state index contributed by atoms with van der Waals surface area (Å²) in [7, 11) is -3.73. The highest BCUT2D eigenvalue weighted by molar-refractivity contribution is 7.91. The lowest BCUT2D eigenvalue weighted by molar-refractivity contribution is 0.511.